The SMILES string of the molecule is CCCCC(O)Nc1cncc(-c2ccc3[nH]nc(-c4nc5c(-c6cc(F)cc(CNS(C)(=O)=O)c6)nccc5[nH]4)c3c2F)c1. The number of rotatable bonds is 11. The number of sulfonamides is 1. The topological polar surface area (TPSA) is 162 Å². The molecule has 4 aromatic heterocycles. The number of nitrogens with one attached hydrogen (secondary N) is 4. The number of aliphatic hydroxyl groups excluding tert-OH is 1. The Bertz CT molecular complexity index is 2130. The van der Waals surface area contributed by atoms with Crippen molar-refractivity contribution in [2.24, 2.45) is 0 Å². The molecule has 5 N–H and O–H groups in total. The molecule has 0 aliphatic rings. The Balaban J connectivity index is 1.38. The van der Waals surface area contributed by atoms with Crippen LogP contribution in [0, 0.1) is 11.6 Å². The minimum atomic E-state index is -3.48. The summed E-state index contributed by atoms with van der Waals surface area (Å²) in [4.78, 5) is 16.5. The Kier molecular flexibility index (Phi) is 8.27. The molecule has 0 saturated heterocycles. The van der Waals surface area contributed by atoms with E-state index < -0.39 is 27.9 Å². The van der Waals surface area contributed by atoms with Crippen LogP contribution in [0.25, 0.3) is 55.8 Å². The number of aromatic nitrogens is 6. The Hall–Kier alpha value is -4.79. The van der Waals surface area contributed by atoms with Crippen molar-refractivity contribution in [1.29, 1.82) is 0 Å². The van der Waals surface area contributed by atoms with Crippen molar-refractivity contribution in [3.05, 3.63) is 78.3 Å². The Labute approximate surface area is 257 Å². The van der Waals surface area contributed by atoms with Gasteiger partial charge in [0, 0.05) is 35.6 Å². The van der Waals surface area contributed by atoms with Crippen molar-refractivity contribution in [3.63, 3.8) is 0 Å². The van der Waals surface area contributed by atoms with E-state index in [-0.39, 0.29) is 29.0 Å². The number of aliphatic hydroxyl groups is 1. The highest BCUT2D eigenvalue weighted by atomic mass is 32.2. The van der Waals surface area contributed by atoms with Gasteiger partial charge in [-0.1, -0.05) is 13.3 Å². The number of aromatic amines is 2. The van der Waals surface area contributed by atoms with E-state index in [1.807, 2.05) is 6.92 Å². The molecule has 1 unspecified atom stereocenters. The second kappa shape index (κ2) is 12.3. The molecule has 232 valence electrons. The van der Waals surface area contributed by atoms with Crippen LogP contribution in [0.3, 0.4) is 0 Å². The molecule has 0 radical (unpaired) electrons. The summed E-state index contributed by atoms with van der Waals surface area (Å²) >= 11 is 0. The minimum absolute atomic E-state index is 0.0970. The first-order valence-electron chi connectivity index (χ1n) is 14.3. The summed E-state index contributed by atoms with van der Waals surface area (Å²) in [7, 11) is -3.48. The number of nitrogens with zero attached hydrogens (tertiary/aromatic N) is 4. The number of unbranched alkanes of at least 4 members (excludes halogenated alkanes) is 1. The van der Waals surface area contributed by atoms with Crippen LogP contribution >= 0.6 is 0 Å². The molecule has 4 heterocycles. The fourth-order valence-electron chi connectivity index (χ4n) is 5.16. The summed E-state index contributed by atoms with van der Waals surface area (Å²) in [6.07, 6.45) is 7.33. The third kappa shape index (κ3) is 6.53. The Morgan fingerprint density at radius 1 is 1.02 bits per heavy atom. The highest BCUT2D eigenvalue weighted by Crippen LogP contribution is 2.35. The average Bonchev–Trinajstić information content (AvgIpc) is 3.63. The summed E-state index contributed by atoms with van der Waals surface area (Å²) in [5.74, 6) is -0.831. The van der Waals surface area contributed by atoms with Crippen molar-refractivity contribution in [2.75, 3.05) is 11.6 Å². The van der Waals surface area contributed by atoms with Gasteiger partial charge in [0.05, 0.1) is 40.3 Å². The molecule has 14 heteroatoms. The predicted octanol–water partition coefficient (Wildman–Crippen LogP) is 5.48. The summed E-state index contributed by atoms with van der Waals surface area (Å²) in [5, 5.41) is 20.7. The largest absolute Gasteiger partial charge is 0.374 e. The number of hydrogen-bond donors (Lipinski definition) is 5. The fourth-order valence-corrected chi connectivity index (χ4v) is 5.59. The normalized spacial score (nSPS) is 12.6. The fraction of sp³-hybridized carbons (Fsp3) is 0.226. The molecule has 0 bridgehead atoms. The molecule has 0 saturated carbocycles. The minimum Gasteiger partial charge on any atom is -0.374 e. The third-order valence-electron chi connectivity index (χ3n) is 7.28. The number of anilines is 1. The number of hydrogen-bond acceptors (Lipinski definition) is 8. The van der Waals surface area contributed by atoms with Crippen LogP contribution in [-0.4, -0.2) is 56.1 Å². The number of H-pyrrole nitrogens is 2. The highest BCUT2D eigenvalue weighted by molar-refractivity contribution is 7.88. The molecule has 0 aliphatic heterocycles. The van der Waals surface area contributed by atoms with Crippen molar-refractivity contribution < 1.29 is 22.3 Å². The monoisotopic (exact) mass is 632 g/mol. The van der Waals surface area contributed by atoms with E-state index in [0.29, 0.717) is 51.0 Å². The number of fused-ring (bicyclic) bond motifs is 2. The van der Waals surface area contributed by atoms with Gasteiger partial charge in [0.2, 0.25) is 10.0 Å². The number of halogens is 2. The zero-order valence-corrected chi connectivity index (χ0v) is 25.2. The molecular formula is C31H30F2N8O3S. The lowest BCUT2D eigenvalue weighted by Gasteiger charge is -2.14. The maximum Gasteiger partial charge on any atom is 0.209 e. The van der Waals surface area contributed by atoms with E-state index in [4.69, 9.17) is 0 Å². The Morgan fingerprint density at radius 3 is 2.67 bits per heavy atom. The summed E-state index contributed by atoms with van der Waals surface area (Å²) in [5.41, 5.74) is 4.17. The molecule has 6 aromatic rings. The van der Waals surface area contributed by atoms with Gasteiger partial charge < -0.3 is 15.4 Å². The van der Waals surface area contributed by atoms with Crippen LogP contribution in [0.4, 0.5) is 14.5 Å². The highest BCUT2D eigenvalue weighted by Gasteiger charge is 2.21. The first-order chi connectivity index (χ1) is 21.6. The van der Waals surface area contributed by atoms with Crippen LogP contribution in [0.15, 0.2) is 61.1 Å². The van der Waals surface area contributed by atoms with E-state index in [9.17, 15) is 17.9 Å². The zero-order chi connectivity index (χ0) is 31.7. The predicted molar refractivity (Wildman–Crippen MR) is 168 cm³/mol. The van der Waals surface area contributed by atoms with E-state index in [1.54, 1.807) is 42.7 Å². The average molecular weight is 633 g/mol. The quantitative estimate of drug-likeness (QED) is 0.117. The first kappa shape index (κ1) is 30.2. The molecular weight excluding hydrogens is 602 g/mol. The van der Waals surface area contributed by atoms with E-state index >= 15 is 4.39 Å². The zero-order valence-electron chi connectivity index (χ0n) is 24.4. The van der Waals surface area contributed by atoms with Gasteiger partial charge in [-0.3, -0.25) is 15.1 Å². The van der Waals surface area contributed by atoms with Crippen LogP contribution in [0.5, 0.6) is 0 Å². The molecule has 0 aliphatic carbocycles. The van der Waals surface area contributed by atoms with Gasteiger partial charge in [-0.2, -0.15) is 5.10 Å². The van der Waals surface area contributed by atoms with Gasteiger partial charge in [0.25, 0.3) is 0 Å². The summed E-state index contributed by atoms with van der Waals surface area (Å²) in [6, 6.07) is 10.9. The van der Waals surface area contributed by atoms with Crippen LogP contribution in [-0.2, 0) is 16.6 Å². The molecule has 0 fully saturated rings. The lowest BCUT2D eigenvalue weighted by atomic mass is 10.0. The lowest BCUT2D eigenvalue weighted by molar-refractivity contribution is 0.190. The van der Waals surface area contributed by atoms with Crippen molar-refractivity contribution in [1.82, 2.24) is 34.9 Å². The molecule has 0 amide bonds. The number of benzene rings is 2. The maximum atomic E-state index is 16.2. The van der Waals surface area contributed by atoms with Crippen LogP contribution in [0.2, 0.25) is 0 Å². The van der Waals surface area contributed by atoms with Gasteiger partial charge >= 0.3 is 0 Å². The molecule has 0 spiro atoms. The molecule has 45 heavy (non-hydrogen) atoms. The summed E-state index contributed by atoms with van der Waals surface area (Å²) in [6.45, 7) is 1.95. The van der Waals surface area contributed by atoms with Crippen molar-refractivity contribution in [2.45, 2.75) is 39.0 Å². The second-order valence-corrected chi connectivity index (χ2v) is 12.6. The van der Waals surface area contributed by atoms with Crippen LogP contribution in [0.1, 0.15) is 31.7 Å². The number of imidazole rings is 1. The summed E-state index contributed by atoms with van der Waals surface area (Å²) < 4.78 is 56.3. The standard InChI is InChI=1S/C31H30F2N8O3S/c1-3-4-5-25(42)37-21-13-19(15-34-16-21)22-6-7-23-26(27(22)33)30(41-40-23)31-38-24-8-9-35-28(29(24)39-31)18-10-17(11-20(32)12-18)14-36-45(2,43)44/h6-13,15-16,25,36-37,42H,3-5,14H2,1-2H3,(H,38,39)(H,40,41). The third-order valence-corrected chi connectivity index (χ3v) is 7.94. The lowest BCUT2D eigenvalue weighted by Crippen LogP contribution is -2.21. The first-order valence-corrected chi connectivity index (χ1v) is 16.1. The maximum absolute atomic E-state index is 16.2. The van der Waals surface area contributed by atoms with E-state index in [2.05, 4.69) is 40.2 Å². The molecule has 11 nitrogen and oxygen atoms in total. The molecule has 6 rings (SSSR count). The van der Waals surface area contributed by atoms with Crippen molar-refractivity contribution in [3.8, 4) is 33.9 Å². The van der Waals surface area contributed by atoms with Gasteiger partial charge in [-0.05, 0) is 60.9 Å². The number of pyridine rings is 2. The smallest absolute Gasteiger partial charge is 0.209 e. The second-order valence-electron chi connectivity index (χ2n) is 10.8. The van der Waals surface area contributed by atoms with E-state index in [1.165, 1.54) is 18.3 Å². The van der Waals surface area contributed by atoms with Gasteiger partial charge in [-0.15, -0.1) is 0 Å². The van der Waals surface area contributed by atoms with Crippen molar-refractivity contribution >= 4 is 37.6 Å². The Morgan fingerprint density at radius 2 is 1.87 bits per heavy atom. The van der Waals surface area contributed by atoms with Gasteiger partial charge in [0.1, 0.15) is 29.1 Å². The van der Waals surface area contributed by atoms with Crippen LogP contribution < -0.4 is 10.0 Å². The molecule has 2 aromatic carbocycles. The van der Waals surface area contributed by atoms with Gasteiger partial charge in [0.15, 0.2) is 5.82 Å². The van der Waals surface area contributed by atoms with E-state index in [0.717, 1.165) is 19.1 Å². The molecule has 1 atom stereocenters. The van der Waals surface area contributed by atoms with Gasteiger partial charge in [-0.25, -0.2) is 26.9 Å².